The van der Waals surface area contributed by atoms with Gasteiger partial charge in [0.1, 0.15) is 12.0 Å². The Hall–Kier alpha value is -1.31. The van der Waals surface area contributed by atoms with Crippen molar-refractivity contribution in [1.29, 1.82) is 0 Å². The molecule has 0 saturated carbocycles. The Labute approximate surface area is 104 Å². The van der Waals surface area contributed by atoms with Crippen molar-refractivity contribution in [3.63, 3.8) is 0 Å². The van der Waals surface area contributed by atoms with E-state index in [1.54, 1.807) is 0 Å². The molecule has 0 aliphatic rings. The molecule has 2 nitrogen and oxygen atoms in total. The number of hydrogen-bond donors (Lipinski definition) is 1. The highest BCUT2D eigenvalue weighted by Gasteiger charge is 2.21. The van der Waals surface area contributed by atoms with Gasteiger partial charge in [-0.25, -0.2) is 0 Å². The second kappa shape index (κ2) is 4.91. The molecule has 0 unspecified atom stereocenters. The van der Waals surface area contributed by atoms with E-state index in [2.05, 4.69) is 20.8 Å². The summed E-state index contributed by atoms with van der Waals surface area (Å²) in [7, 11) is 0. The molecule has 94 valence electrons. The van der Waals surface area contributed by atoms with Gasteiger partial charge in [0.15, 0.2) is 0 Å². The van der Waals surface area contributed by atoms with Crippen molar-refractivity contribution < 1.29 is 9.90 Å². The van der Waals surface area contributed by atoms with Gasteiger partial charge in [-0.1, -0.05) is 26.8 Å². The number of benzene rings is 1. The lowest BCUT2D eigenvalue weighted by Crippen LogP contribution is -2.13. The Morgan fingerprint density at radius 1 is 1.24 bits per heavy atom. The second-order valence-electron chi connectivity index (χ2n) is 5.64. The molecule has 0 heterocycles. The fourth-order valence-electron chi connectivity index (χ4n) is 2.02. The van der Waals surface area contributed by atoms with E-state index in [0.717, 1.165) is 35.0 Å². The van der Waals surface area contributed by atoms with Crippen LogP contribution in [-0.2, 0) is 16.6 Å². The molecular weight excluding hydrogens is 212 g/mol. The standard InChI is InChI=1S/C15H22O2/c1-10-11(2)14(17)13(15(3,4)5)9-12(10)7-6-8-16/h8-9,17H,6-7H2,1-5H3. The molecule has 1 rings (SSSR count). The molecule has 1 N–H and O–H groups in total. The molecule has 0 amide bonds. The normalized spacial score (nSPS) is 11.6. The van der Waals surface area contributed by atoms with Gasteiger partial charge in [0.2, 0.25) is 0 Å². The molecule has 1 aromatic rings. The van der Waals surface area contributed by atoms with Crippen LogP contribution in [0.3, 0.4) is 0 Å². The molecule has 0 spiro atoms. The second-order valence-corrected chi connectivity index (χ2v) is 5.64. The number of phenolic OH excluding ortho intramolecular Hbond substituents is 1. The lowest BCUT2D eigenvalue weighted by Gasteiger charge is -2.24. The zero-order valence-electron chi connectivity index (χ0n) is 11.4. The summed E-state index contributed by atoms with van der Waals surface area (Å²) in [5, 5.41) is 10.2. The Morgan fingerprint density at radius 2 is 1.82 bits per heavy atom. The number of aldehydes is 1. The van der Waals surface area contributed by atoms with Crippen LogP contribution in [0.15, 0.2) is 6.07 Å². The average Bonchev–Trinajstić information content (AvgIpc) is 2.23. The summed E-state index contributed by atoms with van der Waals surface area (Å²) in [6, 6.07) is 2.04. The summed E-state index contributed by atoms with van der Waals surface area (Å²) in [6.45, 7) is 10.2. The zero-order chi connectivity index (χ0) is 13.2. The van der Waals surface area contributed by atoms with Gasteiger partial charge in [-0.3, -0.25) is 0 Å². The molecule has 0 saturated heterocycles. The summed E-state index contributed by atoms with van der Waals surface area (Å²) in [5.74, 6) is 0.393. The summed E-state index contributed by atoms with van der Waals surface area (Å²) in [5.41, 5.74) is 4.06. The van der Waals surface area contributed by atoms with E-state index in [9.17, 15) is 9.90 Å². The number of aryl methyl sites for hydroxylation is 1. The van der Waals surface area contributed by atoms with Crippen molar-refractivity contribution >= 4 is 6.29 Å². The zero-order valence-corrected chi connectivity index (χ0v) is 11.4. The van der Waals surface area contributed by atoms with Crippen LogP contribution >= 0.6 is 0 Å². The molecule has 0 bridgehead atoms. The van der Waals surface area contributed by atoms with Crippen molar-refractivity contribution in [3.8, 4) is 5.75 Å². The van der Waals surface area contributed by atoms with Crippen molar-refractivity contribution in [2.45, 2.75) is 52.9 Å². The lowest BCUT2D eigenvalue weighted by molar-refractivity contribution is -0.107. The number of rotatable bonds is 3. The largest absolute Gasteiger partial charge is 0.507 e. The molecule has 17 heavy (non-hydrogen) atoms. The third kappa shape index (κ3) is 2.87. The SMILES string of the molecule is Cc1c(CCC=O)cc(C(C)(C)C)c(O)c1C. The molecular formula is C15H22O2. The predicted octanol–water partition coefficient (Wildman–Crippen LogP) is 3.44. The van der Waals surface area contributed by atoms with Gasteiger partial charge in [-0.05, 0) is 47.9 Å². The van der Waals surface area contributed by atoms with E-state index in [-0.39, 0.29) is 5.41 Å². The van der Waals surface area contributed by atoms with Crippen LogP contribution in [0.4, 0.5) is 0 Å². The van der Waals surface area contributed by atoms with Crippen LogP contribution in [0.5, 0.6) is 5.75 Å². The maximum Gasteiger partial charge on any atom is 0.122 e. The number of aromatic hydroxyl groups is 1. The minimum atomic E-state index is -0.0848. The number of carbonyl (C=O) groups excluding carboxylic acids is 1. The molecule has 0 aliphatic carbocycles. The van der Waals surface area contributed by atoms with Crippen molar-refractivity contribution in [2.75, 3.05) is 0 Å². The van der Waals surface area contributed by atoms with Crippen molar-refractivity contribution in [1.82, 2.24) is 0 Å². The molecule has 1 aromatic carbocycles. The van der Waals surface area contributed by atoms with E-state index in [0.29, 0.717) is 12.2 Å². The predicted molar refractivity (Wildman–Crippen MR) is 70.7 cm³/mol. The highest BCUT2D eigenvalue weighted by Crippen LogP contribution is 2.36. The highest BCUT2D eigenvalue weighted by atomic mass is 16.3. The van der Waals surface area contributed by atoms with E-state index >= 15 is 0 Å². The van der Waals surface area contributed by atoms with Gasteiger partial charge in [0, 0.05) is 6.42 Å². The first kappa shape index (κ1) is 13.8. The molecule has 0 aliphatic heterocycles. The first-order chi connectivity index (χ1) is 7.79. The average molecular weight is 234 g/mol. The van der Waals surface area contributed by atoms with E-state index in [1.165, 1.54) is 0 Å². The molecule has 0 radical (unpaired) electrons. The third-order valence-electron chi connectivity index (χ3n) is 3.31. The summed E-state index contributed by atoms with van der Waals surface area (Å²) >= 11 is 0. The number of phenols is 1. The minimum absolute atomic E-state index is 0.0848. The van der Waals surface area contributed by atoms with Gasteiger partial charge in [0.05, 0.1) is 0 Å². The first-order valence-corrected chi connectivity index (χ1v) is 6.05. The highest BCUT2D eigenvalue weighted by molar-refractivity contribution is 5.54. The van der Waals surface area contributed by atoms with Gasteiger partial charge >= 0.3 is 0 Å². The molecule has 0 aromatic heterocycles. The third-order valence-corrected chi connectivity index (χ3v) is 3.31. The van der Waals surface area contributed by atoms with Crippen LogP contribution in [-0.4, -0.2) is 11.4 Å². The minimum Gasteiger partial charge on any atom is -0.507 e. The maximum absolute atomic E-state index is 10.5. The summed E-state index contributed by atoms with van der Waals surface area (Å²) in [6.07, 6.45) is 2.23. The fraction of sp³-hybridized carbons (Fsp3) is 0.533. The van der Waals surface area contributed by atoms with E-state index < -0.39 is 0 Å². The lowest BCUT2D eigenvalue weighted by atomic mass is 9.82. The quantitative estimate of drug-likeness (QED) is 0.813. The monoisotopic (exact) mass is 234 g/mol. The Balaban J connectivity index is 3.34. The Kier molecular flexibility index (Phi) is 3.97. The van der Waals surface area contributed by atoms with Gasteiger partial charge in [0.25, 0.3) is 0 Å². The van der Waals surface area contributed by atoms with Crippen molar-refractivity contribution in [3.05, 3.63) is 28.3 Å². The maximum atomic E-state index is 10.5. The number of hydrogen-bond acceptors (Lipinski definition) is 2. The first-order valence-electron chi connectivity index (χ1n) is 6.05. The Bertz CT molecular complexity index is 426. The summed E-state index contributed by atoms with van der Waals surface area (Å²) in [4.78, 5) is 10.5. The van der Waals surface area contributed by atoms with E-state index in [1.807, 2.05) is 19.9 Å². The van der Waals surface area contributed by atoms with Gasteiger partial charge in [-0.2, -0.15) is 0 Å². The van der Waals surface area contributed by atoms with E-state index in [4.69, 9.17) is 0 Å². The molecule has 0 atom stereocenters. The fourth-order valence-corrected chi connectivity index (χ4v) is 2.02. The molecule has 2 heteroatoms. The van der Waals surface area contributed by atoms with Crippen molar-refractivity contribution in [2.24, 2.45) is 0 Å². The van der Waals surface area contributed by atoms with Crippen LogP contribution in [0.25, 0.3) is 0 Å². The van der Waals surface area contributed by atoms with Crippen LogP contribution < -0.4 is 0 Å². The molecule has 0 fully saturated rings. The smallest absolute Gasteiger partial charge is 0.122 e. The van der Waals surface area contributed by atoms with Crippen LogP contribution in [0.1, 0.15) is 49.4 Å². The van der Waals surface area contributed by atoms with Gasteiger partial charge in [-0.15, -0.1) is 0 Å². The summed E-state index contributed by atoms with van der Waals surface area (Å²) < 4.78 is 0. The van der Waals surface area contributed by atoms with Crippen LogP contribution in [0.2, 0.25) is 0 Å². The topological polar surface area (TPSA) is 37.3 Å². The van der Waals surface area contributed by atoms with Gasteiger partial charge < -0.3 is 9.90 Å². The van der Waals surface area contributed by atoms with Crippen LogP contribution in [0, 0.1) is 13.8 Å². The number of carbonyl (C=O) groups is 1. The Morgan fingerprint density at radius 3 is 2.29 bits per heavy atom.